The highest BCUT2D eigenvalue weighted by Gasteiger charge is 2.23. The molecule has 2 aromatic rings. The van der Waals surface area contributed by atoms with E-state index >= 15 is 0 Å². The van der Waals surface area contributed by atoms with Crippen molar-refractivity contribution in [1.29, 1.82) is 0 Å². The van der Waals surface area contributed by atoms with Crippen LogP contribution >= 0.6 is 0 Å². The first kappa shape index (κ1) is 16.2. The Bertz CT molecular complexity index is 838. The number of fused-ring (bicyclic) bond motifs is 1. The van der Waals surface area contributed by atoms with Crippen molar-refractivity contribution >= 4 is 22.7 Å². The van der Waals surface area contributed by atoms with Crippen LogP contribution in [0.2, 0.25) is 0 Å². The van der Waals surface area contributed by atoms with Crippen molar-refractivity contribution in [2.45, 2.75) is 45.2 Å². The maximum Gasteiger partial charge on any atom is 0.420 e. The van der Waals surface area contributed by atoms with Crippen LogP contribution in [0.15, 0.2) is 27.4 Å². The summed E-state index contributed by atoms with van der Waals surface area (Å²) in [6.07, 6.45) is 4.30. The van der Waals surface area contributed by atoms with Gasteiger partial charge in [-0.3, -0.25) is 19.5 Å². The largest absolute Gasteiger partial charge is 0.420 e. The Morgan fingerprint density at radius 3 is 2.88 bits per heavy atom. The molecule has 8 nitrogen and oxygen atoms in total. The summed E-state index contributed by atoms with van der Waals surface area (Å²) in [7, 11) is 0. The van der Waals surface area contributed by atoms with Gasteiger partial charge in [-0.2, -0.15) is 0 Å². The molecule has 1 heterocycles. The average molecular weight is 333 g/mol. The van der Waals surface area contributed by atoms with Crippen LogP contribution in [-0.2, 0) is 11.3 Å². The van der Waals surface area contributed by atoms with Gasteiger partial charge in [0.05, 0.1) is 16.5 Å². The number of hydrogen-bond donors (Lipinski definition) is 1. The van der Waals surface area contributed by atoms with Gasteiger partial charge in [-0.25, -0.2) is 4.79 Å². The van der Waals surface area contributed by atoms with E-state index < -0.39 is 10.7 Å². The van der Waals surface area contributed by atoms with Gasteiger partial charge >= 0.3 is 5.76 Å². The van der Waals surface area contributed by atoms with E-state index in [-0.39, 0.29) is 29.8 Å². The lowest BCUT2D eigenvalue weighted by Gasteiger charge is -2.29. The fourth-order valence-corrected chi connectivity index (χ4v) is 3.25. The molecule has 3 rings (SSSR count). The first-order valence-electron chi connectivity index (χ1n) is 8.03. The number of benzene rings is 1. The number of rotatable bonds is 4. The minimum Gasteiger partial charge on any atom is -0.407 e. The summed E-state index contributed by atoms with van der Waals surface area (Å²) >= 11 is 0. The minimum atomic E-state index is -0.697. The normalized spacial score (nSPS) is 20.9. The zero-order valence-electron chi connectivity index (χ0n) is 13.4. The van der Waals surface area contributed by atoms with E-state index in [2.05, 4.69) is 12.2 Å². The first-order valence-corrected chi connectivity index (χ1v) is 8.03. The van der Waals surface area contributed by atoms with E-state index in [9.17, 15) is 19.7 Å². The van der Waals surface area contributed by atoms with Gasteiger partial charge in [-0.1, -0.05) is 19.8 Å². The number of nitrogens with zero attached hydrogens (tertiary/aromatic N) is 2. The van der Waals surface area contributed by atoms with Gasteiger partial charge < -0.3 is 9.73 Å². The van der Waals surface area contributed by atoms with Gasteiger partial charge in [0.25, 0.3) is 5.69 Å². The second kappa shape index (κ2) is 6.46. The molecule has 1 amide bonds. The Balaban J connectivity index is 1.79. The number of nitro benzene ring substituents is 1. The van der Waals surface area contributed by atoms with Crippen molar-refractivity contribution in [1.82, 2.24) is 9.88 Å². The molecule has 1 aromatic heterocycles. The smallest absolute Gasteiger partial charge is 0.407 e. The van der Waals surface area contributed by atoms with Crippen LogP contribution in [0.1, 0.15) is 32.6 Å². The molecule has 128 valence electrons. The maximum absolute atomic E-state index is 12.3. The molecule has 1 aromatic carbocycles. The topological polar surface area (TPSA) is 107 Å². The summed E-state index contributed by atoms with van der Waals surface area (Å²) < 4.78 is 6.22. The maximum atomic E-state index is 12.3. The molecule has 0 bridgehead atoms. The molecule has 1 aliphatic rings. The lowest BCUT2D eigenvalue weighted by Crippen LogP contribution is -2.43. The molecule has 1 aliphatic carbocycles. The molecule has 0 spiro atoms. The fourth-order valence-electron chi connectivity index (χ4n) is 3.25. The molecular weight excluding hydrogens is 314 g/mol. The first-order chi connectivity index (χ1) is 11.5. The molecule has 8 heteroatoms. The lowest BCUT2D eigenvalue weighted by molar-refractivity contribution is -0.384. The second-order valence-electron chi connectivity index (χ2n) is 6.30. The van der Waals surface area contributed by atoms with E-state index in [1.807, 2.05) is 0 Å². The monoisotopic (exact) mass is 333 g/mol. The molecule has 0 saturated heterocycles. The SMILES string of the molecule is C[C@H]1CCCC[C@H]1NC(=O)Cn1c(=O)oc2cc([N+](=O)[O-])ccc21. The molecule has 1 saturated carbocycles. The van der Waals surface area contributed by atoms with Crippen molar-refractivity contribution < 1.29 is 14.1 Å². The highest BCUT2D eigenvalue weighted by atomic mass is 16.6. The predicted molar refractivity (Wildman–Crippen MR) is 86.7 cm³/mol. The fraction of sp³-hybridized carbons (Fsp3) is 0.500. The summed E-state index contributed by atoms with van der Waals surface area (Å²) in [4.78, 5) is 34.5. The standard InChI is InChI=1S/C16H19N3O5/c1-10-4-2-3-5-12(10)17-15(20)9-18-13-7-6-11(19(22)23)8-14(13)24-16(18)21/h6-8,10,12H,2-5,9H2,1H3,(H,17,20)/t10-,12+/m0/s1. The van der Waals surface area contributed by atoms with Gasteiger partial charge in [-0.05, 0) is 24.8 Å². The van der Waals surface area contributed by atoms with E-state index in [1.54, 1.807) is 0 Å². The molecule has 2 atom stereocenters. The van der Waals surface area contributed by atoms with Gasteiger partial charge in [-0.15, -0.1) is 0 Å². The van der Waals surface area contributed by atoms with Crippen LogP contribution in [0.4, 0.5) is 5.69 Å². The number of oxazole rings is 1. The van der Waals surface area contributed by atoms with Crippen molar-refractivity contribution in [2.75, 3.05) is 0 Å². The zero-order chi connectivity index (χ0) is 17.3. The average Bonchev–Trinajstić information content (AvgIpc) is 2.84. The summed E-state index contributed by atoms with van der Waals surface area (Å²) in [6, 6.07) is 4.03. The molecule has 24 heavy (non-hydrogen) atoms. The summed E-state index contributed by atoms with van der Waals surface area (Å²) in [6.45, 7) is 1.95. The zero-order valence-corrected chi connectivity index (χ0v) is 13.4. The number of aromatic nitrogens is 1. The number of carbonyl (C=O) groups is 1. The Hall–Kier alpha value is -2.64. The van der Waals surface area contributed by atoms with Crippen molar-refractivity contribution in [3.8, 4) is 0 Å². The van der Waals surface area contributed by atoms with Crippen LogP contribution in [0.5, 0.6) is 0 Å². The quantitative estimate of drug-likeness (QED) is 0.681. The molecule has 1 N–H and O–H groups in total. The highest BCUT2D eigenvalue weighted by Crippen LogP contribution is 2.24. The number of nitro groups is 1. The van der Waals surface area contributed by atoms with E-state index in [4.69, 9.17) is 4.42 Å². The van der Waals surface area contributed by atoms with Crippen LogP contribution in [0.25, 0.3) is 11.1 Å². The summed E-state index contributed by atoms with van der Waals surface area (Å²) in [5.74, 6) is -0.530. The number of amides is 1. The highest BCUT2D eigenvalue weighted by molar-refractivity contribution is 5.80. The predicted octanol–water partition coefficient (Wildman–Crippen LogP) is 2.20. The van der Waals surface area contributed by atoms with Crippen molar-refractivity contribution in [3.05, 3.63) is 38.9 Å². The summed E-state index contributed by atoms with van der Waals surface area (Å²) in [5, 5.41) is 13.8. The molecule has 1 fully saturated rings. The van der Waals surface area contributed by atoms with Crippen LogP contribution in [0, 0.1) is 16.0 Å². The number of non-ortho nitro benzene ring substituents is 1. The van der Waals surface area contributed by atoms with E-state index in [0.717, 1.165) is 19.3 Å². The Morgan fingerprint density at radius 2 is 2.17 bits per heavy atom. The number of nitrogens with one attached hydrogen (secondary N) is 1. The van der Waals surface area contributed by atoms with Crippen molar-refractivity contribution in [2.24, 2.45) is 5.92 Å². The van der Waals surface area contributed by atoms with Crippen LogP contribution in [0.3, 0.4) is 0 Å². The number of carbonyl (C=O) groups excluding carboxylic acids is 1. The van der Waals surface area contributed by atoms with Gasteiger partial charge in [0, 0.05) is 12.1 Å². The molecule has 0 aliphatic heterocycles. The Labute approximate surface area is 137 Å². The Morgan fingerprint density at radius 1 is 1.42 bits per heavy atom. The van der Waals surface area contributed by atoms with E-state index in [1.165, 1.54) is 29.2 Å². The minimum absolute atomic E-state index is 0.105. The number of hydrogen-bond acceptors (Lipinski definition) is 5. The van der Waals surface area contributed by atoms with Crippen molar-refractivity contribution in [3.63, 3.8) is 0 Å². The van der Waals surface area contributed by atoms with Gasteiger partial charge in [0.2, 0.25) is 5.91 Å². The summed E-state index contributed by atoms with van der Waals surface area (Å²) in [5.41, 5.74) is 0.314. The third-order valence-corrected chi connectivity index (χ3v) is 4.62. The van der Waals surface area contributed by atoms with Gasteiger partial charge in [0.1, 0.15) is 6.54 Å². The van der Waals surface area contributed by atoms with Crippen LogP contribution in [-0.4, -0.2) is 21.4 Å². The molecule has 0 radical (unpaired) electrons. The second-order valence-corrected chi connectivity index (χ2v) is 6.30. The van der Waals surface area contributed by atoms with Gasteiger partial charge in [0.15, 0.2) is 5.58 Å². The molecular formula is C16H19N3O5. The Kier molecular flexibility index (Phi) is 4.37. The van der Waals surface area contributed by atoms with E-state index in [0.29, 0.717) is 11.4 Å². The lowest BCUT2D eigenvalue weighted by atomic mass is 9.86. The third-order valence-electron chi connectivity index (χ3n) is 4.62. The van der Waals surface area contributed by atoms with Crippen LogP contribution < -0.4 is 11.1 Å². The third kappa shape index (κ3) is 3.17. The molecule has 0 unspecified atom stereocenters.